The molecule has 0 spiro atoms. The number of aliphatic hydroxyl groups is 1. The van der Waals surface area contributed by atoms with Crippen LogP contribution in [0.15, 0.2) is 47.1 Å². The number of likely N-dealkylation sites (N-methyl/N-ethyl adjacent to an activating group) is 1. The molecule has 0 bridgehead atoms. The zero-order chi connectivity index (χ0) is 17.8. The summed E-state index contributed by atoms with van der Waals surface area (Å²) in [6.07, 6.45) is 0.845. The van der Waals surface area contributed by atoms with Gasteiger partial charge in [0.25, 0.3) is 0 Å². The van der Waals surface area contributed by atoms with Crippen LogP contribution in [0.25, 0.3) is 11.0 Å². The molecule has 0 aliphatic carbocycles. The van der Waals surface area contributed by atoms with E-state index in [9.17, 15) is 5.11 Å². The van der Waals surface area contributed by atoms with Crippen LogP contribution < -0.4 is 15.2 Å². The van der Waals surface area contributed by atoms with Crippen molar-refractivity contribution in [2.24, 2.45) is 0 Å². The first-order valence-corrected chi connectivity index (χ1v) is 8.97. The summed E-state index contributed by atoms with van der Waals surface area (Å²) in [6.45, 7) is 8.86. The van der Waals surface area contributed by atoms with Gasteiger partial charge in [-0.1, -0.05) is 12.1 Å². The molecule has 0 saturated carbocycles. The second-order valence-electron chi connectivity index (χ2n) is 6.35. The Balaban J connectivity index is 1.92. The number of quaternary nitrogens is 1. The fourth-order valence-corrected chi connectivity index (χ4v) is 3.36. The van der Waals surface area contributed by atoms with Gasteiger partial charge in [0.15, 0.2) is 0 Å². The topological polar surface area (TPSA) is 72.6 Å². The number of anilines is 1. The SMILES string of the molecule is CC[NH+](CC)CCn1c(N)[n+](C[C@H](O)c2ccco2)c2ccccc21. The lowest BCUT2D eigenvalue weighted by atomic mass is 10.2. The Kier molecular flexibility index (Phi) is 5.40. The zero-order valence-electron chi connectivity index (χ0n) is 15.0. The van der Waals surface area contributed by atoms with E-state index >= 15 is 0 Å². The van der Waals surface area contributed by atoms with Crippen molar-refractivity contribution in [3.63, 3.8) is 0 Å². The molecular weight excluding hydrogens is 316 g/mol. The molecule has 3 rings (SSSR count). The number of rotatable bonds is 8. The molecule has 0 amide bonds. The molecule has 6 heteroatoms. The fraction of sp³-hybridized carbons (Fsp3) is 0.421. The maximum Gasteiger partial charge on any atom is 0.356 e. The average molecular weight is 344 g/mol. The number of hydrogen-bond acceptors (Lipinski definition) is 3. The van der Waals surface area contributed by atoms with E-state index in [-0.39, 0.29) is 0 Å². The molecule has 0 unspecified atom stereocenters. The molecule has 134 valence electrons. The Labute approximate surface area is 148 Å². The number of aromatic nitrogens is 2. The van der Waals surface area contributed by atoms with E-state index in [0.717, 1.165) is 37.2 Å². The lowest BCUT2D eigenvalue weighted by Crippen LogP contribution is -3.11. The maximum atomic E-state index is 10.5. The Morgan fingerprint density at radius 3 is 2.64 bits per heavy atom. The van der Waals surface area contributed by atoms with Crippen molar-refractivity contribution in [2.75, 3.05) is 25.4 Å². The first kappa shape index (κ1) is 17.5. The molecule has 1 atom stereocenters. The van der Waals surface area contributed by atoms with Gasteiger partial charge in [0, 0.05) is 0 Å². The quantitative estimate of drug-likeness (QED) is 0.528. The number of benzene rings is 1. The van der Waals surface area contributed by atoms with Gasteiger partial charge in [-0.3, -0.25) is 5.73 Å². The smallest absolute Gasteiger partial charge is 0.356 e. The third-order valence-electron chi connectivity index (χ3n) is 4.93. The molecule has 6 nitrogen and oxygen atoms in total. The van der Waals surface area contributed by atoms with Crippen molar-refractivity contribution in [3.05, 3.63) is 48.4 Å². The Bertz CT molecular complexity index is 806. The van der Waals surface area contributed by atoms with Crippen molar-refractivity contribution in [3.8, 4) is 0 Å². The average Bonchev–Trinajstić information content (AvgIpc) is 3.25. The molecule has 2 aromatic heterocycles. The minimum Gasteiger partial charge on any atom is -0.466 e. The number of furan rings is 1. The van der Waals surface area contributed by atoms with Crippen molar-refractivity contribution in [1.82, 2.24) is 4.57 Å². The summed E-state index contributed by atoms with van der Waals surface area (Å²) in [7, 11) is 0. The van der Waals surface area contributed by atoms with Crippen LogP contribution in [-0.4, -0.2) is 29.3 Å². The van der Waals surface area contributed by atoms with Crippen molar-refractivity contribution < 1.29 is 19.0 Å². The van der Waals surface area contributed by atoms with Crippen LogP contribution in [-0.2, 0) is 13.1 Å². The number of nitrogens with two attached hydrogens (primary N) is 1. The van der Waals surface area contributed by atoms with E-state index < -0.39 is 6.10 Å². The highest BCUT2D eigenvalue weighted by atomic mass is 16.4. The van der Waals surface area contributed by atoms with E-state index in [1.807, 2.05) is 22.8 Å². The molecule has 0 radical (unpaired) electrons. The van der Waals surface area contributed by atoms with E-state index in [1.165, 1.54) is 0 Å². The highest BCUT2D eigenvalue weighted by molar-refractivity contribution is 5.73. The Hall–Kier alpha value is -2.31. The number of nitrogens with zero attached hydrogens (tertiary/aromatic N) is 2. The summed E-state index contributed by atoms with van der Waals surface area (Å²) in [5.41, 5.74) is 8.59. The van der Waals surface area contributed by atoms with Crippen LogP contribution in [0, 0.1) is 0 Å². The normalized spacial score (nSPS) is 13.0. The van der Waals surface area contributed by atoms with Crippen LogP contribution in [0.5, 0.6) is 0 Å². The van der Waals surface area contributed by atoms with E-state index in [4.69, 9.17) is 10.2 Å². The third-order valence-corrected chi connectivity index (χ3v) is 4.93. The van der Waals surface area contributed by atoms with Crippen LogP contribution in [0.2, 0.25) is 0 Å². The number of para-hydroxylation sites is 2. The highest BCUT2D eigenvalue weighted by Gasteiger charge is 2.24. The molecule has 3 aromatic rings. The standard InChI is InChI=1S/C19H26N4O2/c1-3-21(4-2)11-12-22-15-8-5-6-9-16(15)23(19(22)20)14-17(24)18-10-7-13-25-18/h5-10,13,17,20,24H,3-4,11-12,14H2,1-2H3/p+2/t17-/m0/s1. The van der Waals surface area contributed by atoms with E-state index in [0.29, 0.717) is 18.3 Å². The van der Waals surface area contributed by atoms with Crippen LogP contribution in [0.4, 0.5) is 5.95 Å². The molecule has 0 saturated heterocycles. The van der Waals surface area contributed by atoms with Gasteiger partial charge < -0.3 is 14.4 Å². The van der Waals surface area contributed by atoms with E-state index in [1.54, 1.807) is 23.3 Å². The molecule has 25 heavy (non-hydrogen) atoms. The molecule has 2 heterocycles. The van der Waals surface area contributed by atoms with Gasteiger partial charge >= 0.3 is 5.95 Å². The zero-order valence-corrected chi connectivity index (χ0v) is 15.0. The van der Waals surface area contributed by atoms with Gasteiger partial charge in [-0.25, -0.2) is 9.13 Å². The number of aliphatic hydroxyl groups excluding tert-OH is 1. The predicted octanol–water partition coefficient (Wildman–Crippen LogP) is 0.762. The Morgan fingerprint density at radius 1 is 1.20 bits per heavy atom. The minimum atomic E-state index is -0.727. The summed E-state index contributed by atoms with van der Waals surface area (Å²) >= 11 is 0. The number of fused-ring (bicyclic) bond motifs is 1. The van der Waals surface area contributed by atoms with Gasteiger partial charge in [-0.2, -0.15) is 0 Å². The number of imidazole rings is 1. The largest absolute Gasteiger partial charge is 0.466 e. The molecule has 0 aliphatic heterocycles. The summed E-state index contributed by atoms with van der Waals surface area (Å²) in [6, 6.07) is 11.7. The Morgan fingerprint density at radius 2 is 1.96 bits per heavy atom. The first-order chi connectivity index (χ1) is 12.2. The van der Waals surface area contributed by atoms with Crippen LogP contribution in [0.1, 0.15) is 25.7 Å². The minimum absolute atomic E-state index is 0.366. The lowest BCUT2D eigenvalue weighted by Gasteiger charge is -2.14. The van der Waals surface area contributed by atoms with Crippen molar-refractivity contribution in [2.45, 2.75) is 33.0 Å². The third kappa shape index (κ3) is 3.55. The summed E-state index contributed by atoms with van der Waals surface area (Å²) in [4.78, 5) is 1.54. The summed E-state index contributed by atoms with van der Waals surface area (Å²) in [5, 5.41) is 10.5. The van der Waals surface area contributed by atoms with Crippen LogP contribution in [0.3, 0.4) is 0 Å². The monoisotopic (exact) mass is 344 g/mol. The first-order valence-electron chi connectivity index (χ1n) is 8.97. The fourth-order valence-electron chi connectivity index (χ4n) is 3.36. The molecule has 1 aromatic carbocycles. The summed E-state index contributed by atoms with van der Waals surface area (Å²) < 4.78 is 9.44. The summed E-state index contributed by atoms with van der Waals surface area (Å²) in [5.74, 6) is 1.22. The van der Waals surface area contributed by atoms with Gasteiger partial charge in [-0.05, 0) is 38.1 Å². The number of nitrogen functional groups attached to an aromatic ring is 1. The molecular formula is C19H28N4O2+2. The second kappa shape index (κ2) is 7.72. The highest BCUT2D eigenvalue weighted by Crippen LogP contribution is 2.19. The maximum absolute atomic E-state index is 10.5. The predicted molar refractivity (Wildman–Crippen MR) is 97.1 cm³/mol. The van der Waals surface area contributed by atoms with Gasteiger partial charge in [0.2, 0.25) is 0 Å². The van der Waals surface area contributed by atoms with E-state index in [2.05, 4.69) is 24.5 Å². The number of nitrogens with one attached hydrogen (secondary N) is 1. The van der Waals surface area contributed by atoms with Crippen LogP contribution >= 0.6 is 0 Å². The van der Waals surface area contributed by atoms with Crippen molar-refractivity contribution >= 4 is 17.0 Å². The van der Waals surface area contributed by atoms with Gasteiger partial charge in [-0.15, -0.1) is 0 Å². The van der Waals surface area contributed by atoms with Gasteiger partial charge in [0.1, 0.15) is 42.5 Å². The second-order valence-corrected chi connectivity index (χ2v) is 6.35. The molecule has 0 fully saturated rings. The number of hydrogen-bond donors (Lipinski definition) is 3. The molecule has 0 aliphatic rings. The molecule has 4 N–H and O–H groups in total. The van der Waals surface area contributed by atoms with Crippen molar-refractivity contribution in [1.29, 1.82) is 0 Å². The van der Waals surface area contributed by atoms with Gasteiger partial charge in [0.05, 0.1) is 19.4 Å². The lowest BCUT2D eigenvalue weighted by molar-refractivity contribution is -0.897.